The molecule has 0 spiro atoms. The summed E-state index contributed by atoms with van der Waals surface area (Å²) in [7, 11) is 0. The van der Waals surface area contributed by atoms with Crippen molar-refractivity contribution in [3.05, 3.63) is 91.5 Å². The van der Waals surface area contributed by atoms with Crippen LogP contribution in [-0.4, -0.2) is 20.7 Å². The number of aryl methyl sites for hydroxylation is 1. The number of nitrogens with one attached hydrogen (secondary N) is 1. The Morgan fingerprint density at radius 2 is 1.62 bits per heavy atom. The second-order valence-electron chi connectivity index (χ2n) is 7.12. The number of benzene rings is 3. The van der Waals surface area contributed by atoms with Crippen LogP contribution in [-0.2, 0) is 0 Å². The van der Waals surface area contributed by atoms with E-state index in [4.69, 9.17) is 0 Å². The van der Waals surface area contributed by atoms with E-state index in [0.29, 0.717) is 5.69 Å². The van der Waals surface area contributed by atoms with Gasteiger partial charge in [0.15, 0.2) is 0 Å². The number of thiazole rings is 1. The summed E-state index contributed by atoms with van der Waals surface area (Å²) in [5.41, 5.74) is 1.68. The standard InChI is InChI=1S/C22H16N4O5S/c1-12-7-8-14(22-24-16-5-3-4-6-20(16)32-22)9-17(12)23-21(27)15-10-18(25(28)29)13(2)19(11-15)26(30)31/h3-11H,1-2H3,(H,23,27). The zero-order chi connectivity index (χ0) is 23.0. The summed E-state index contributed by atoms with van der Waals surface area (Å²) in [4.78, 5) is 38.6. The Balaban J connectivity index is 1.70. The lowest BCUT2D eigenvalue weighted by Gasteiger charge is -2.10. The summed E-state index contributed by atoms with van der Waals surface area (Å²) >= 11 is 1.52. The van der Waals surface area contributed by atoms with Crippen molar-refractivity contribution in [1.82, 2.24) is 4.98 Å². The van der Waals surface area contributed by atoms with E-state index in [1.54, 1.807) is 13.0 Å². The lowest BCUT2D eigenvalue weighted by molar-refractivity contribution is -0.395. The molecule has 0 aliphatic heterocycles. The van der Waals surface area contributed by atoms with E-state index in [0.717, 1.165) is 38.5 Å². The van der Waals surface area contributed by atoms with Gasteiger partial charge in [-0.25, -0.2) is 4.98 Å². The highest BCUT2D eigenvalue weighted by Crippen LogP contribution is 2.33. The maximum atomic E-state index is 12.8. The van der Waals surface area contributed by atoms with Crippen LogP contribution < -0.4 is 5.32 Å². The molecule has 4 rings (SSSR count). The Morgan fingerprint density at radius 1 is 0.969 bits per heavy atom. The van der Waals surface area contributed by atoms with Gasteiger partial charge in [0.25, 0.3) is 17.3 Å². The van der Waals surface area contributed by atoms with E-state index in [2.05, 4.69) is 10.3 Å². The number of anilines is 1. The van der Waals surface area contributed by atoms with Gasteiger partial charge in [0.2, 0.25) is 0 Å². The molecule has 32 heavy (non-hydrogen) atoms. The molecule has 0 radical (unpaired) electrons. The number of nitrogens with zero attached hydrogens (tertiary/aromatic N) is 3. The molecule has 160 valence electrons. The zero-order valence-corrected chi connectivity index (χ0v) is 17.8. The molecule has 0 fully saturated rings. The molecule has 1 N–H and O–H groups in total. The van der Waals surface area contributed by atoms with Gasteiger partial charge >= 0.3 is 0 Å². The van der Waals surface area contributed by atoms with Gasteiger partial charge in [-0.05, 0) is 37.6 Å². The number of hydrogen-bond acceptors (Lipinski definition) is 7. The van der Waals surface area contributed by atoms with Gasteiger partial charge in [0, 0.05) is 23.4 Å². The number of amides is 1. The smallest absolute Gasteiger partial charge is 0.279 e. The molecule has 0 aliphatic rings. The number of nitro groups is 2. The van der Waals surface area contributed by atoms with Crippen molar-refractivity contribution in [3.63, 3.8) is 0 Å². The average molecular weight is 448 g/mol. The number of aromatic nitrogens is 1. The quantitative estimate of drug-likeness (QED) is 0.310. The minimum absolute atomic E-state index is 0.106. The molecule has 4 aromatic rings. The molecule has 3 aromatic carbocycles. The van der Waals surface area contributed by atoms with Crippen molar-refractivity contribution in [2.75, 3.05) is 5.32 Å². The van der Waals surface area contributed by atoms with Crippen LogP contribution in [0, 0.1) is 34.1 Å². The van der Waals surface area contributed by atoms with E-state index in [9.17, 15) is 25.0 Å². The van der Waals surface area contributed by atoms with Crippen LogP contribution in [0.5, 0.6) is 0 Å². The second-order valence-corrected chi connectivity index (χ2v) is 8.15. The number of nitro benzene ring substituents is 2. The van der Waals surface area contributed by atoms with Gasteiger partial charge in [0.05, 0.1) is 25.6 Å². The number of hydrogen-bond donors (Lipinski definition) is 1. The fourth-order valence-electron chi connectivity index (χ4n) is 3.27. The highest BCUT2D eigenvalue weighted by atomic mass is 32.1. The number of rotatable bonds is 5. The number of carbonyl (C=O) groups is 1. The van der Waals surface area contributed by atoms with Gasteiger partial charge in [-0.15, -0.1) is 11.3 Å². The third kappa shape index (κ3) is 3.91. The number of carbonyl (C=O) groups excluding carboxylic acids is 1. The van der Waals surface area contributed by atoms with Gasteiger partial charge in [-0.2, -0.15) is 0 Å². The molecule has 9 nitrogen and oxygen atoms in total. The summed E-state index contributed by atoms with van der Waals surface area (Å²) in [6.45, 7) is 3.08. The Kier molecular flexibility index (Phi) is 5.37. The van der Waals surface area contributed by atoms with Gasteiger partial charge < -0.3 is 5.32 Å². The van der Waals surface area contributed by atoms with Crippen LogP contribution >= 0.6 is 11.3 Å². The fourth-order valence-corrected chi connectivity index (χ4v) is 4.24. The van der Waals surface area contributed by atoms with Crippen molar-refractivity contribution in [2.45, 2.75) is 13.8 Å². The van der Waals surface area contributed by atoms with E-state index < -0.39 is 27.1 Å². The first kappa shape index (κ1) is 21.1. The Bertz CT molecular complexity index is 1340. The van der Waals surface area contributed by atoms with Crippen LogP contribution in [0.15, 0.2) is 54.6 Å². The third-order valence-electron chi connectivity index (χ3n) is 5.04. The predicted octanol–water partition coefficient (Wildman–Crippen LogP) is 5.65. The van der Waals surface area contributed by atoms with Crippen LogP contribution in [0.4, 0.5) is 17.1 Å². The molecule has 0 saturated heterocycles. The third-order valence-corrected chi connectivity index (χ3v) is 6.12. The average Bonchev–Trinajstić information content (AvgIpc) is 3.19. The molecule has 10 heteroatoms. The first-order valence-electron chi connectivity index (χ1n) is 9.46. The number of para-hydroxylation sites is 1. The molecule has 0 aliphatic carbocycles. The minimum Gasteiger partial charge on any atom is -0.322 e. The molecular weight excluding hydrogens is 432 g/mol. The van der Waals surface area contributed by atoms with Crippen LogP contribution in [0.1, 0.15) is 21.5 Å². The van der Waals surface area contributed by atoms with Crippen molar-refractivity contribution in [3.8, 4) is 10.6 Å². The summed E-state index contributed by atoms with van der Waals surface area (Å²) in [6, 6.07) is 15.3. The van der Waals surface area contributed by atoms with Crippen molar-refractivity contribution >= 4 is 44.5 Å². The first-order valence-corrected chi connectivity index (χ1v) is 10.3. The maximum absolute atomic E-state index is 12.8. The van der Waals surface area contributed by atoms with Crippen molar-refractivity contribution < 1.29 is 14.6 Å². The molecule has 1 heterocycles. The molecule has 0 saturated carbocycles. The van der Waals surface area contributed by atoms with E-state index >= 15 is 0 Å². The van der Waals surface area contributed by atoms with Crippen molar-refractivity contribution in [1.29, 1.82) is 0 Å². The lowest BCUT2D eigenvalue weighted by atomic mass is 10.1. The highest BCUT2D eigenvalue weighted by Gasteiger charge is 2.25. The van der Waals surface area contributed by atoms with E-state index in [1.807, 2.05) is 36.4 Å². The van der Waals surface area contributed by atoms with Crippen LogP contribution in [0.3, 0.4) is 0 Å². The molecule has 0 bridgehead atoms. The monoisotopic (exact) mass is 448 g/mol. The second kappa shape index (κ2) is 8.16. The topological polar surface area (TPSA) is 128 Å². The number of fused-ring (bicyclic) bond motifs is 1. The Morgan fingerprint density at radius 3 is 2.25 bits per heavy atom. The largest absolute Gasteiger partial charge is 0.322 e. The molecule has 0 atom stereocenters. The predicted molar refractivity (Wildman–Crippen MR) is 122 cm³/mol. The van der Waals surface area contributed by atoms with Crippen LogP contribution in [0.25, 0.3) is 20.8 Å². The molecule has 1 amide bonds. The summed E-state index contributed by atoms with van der Waals surface area (Å²) < 4.78 is 1.04. The zero-order valence-electron chi connectivity index (χ0n) is 17.0. The summed E-state index contributed by atoms with van der Waals surface area (Å²) in [5.74, 6) is -0.680. The van der Waals surface area contributed by atoms with Crippen molar-refractivity contribution in [2.24, 2.45) is 0 Å². The molecule has 1 aromatic heterocycles. The van der Waals surface area contributed by atoms with Gasteiger partial charge in [0.1, 0.15) is 10.6 Å². The lowest BCUT2D eigenvalue weighted by Crippen LogP contribution is -2.14. The SMILES string of the molecule is Cc1ccc(-c2nc3ccccc3s2)cc1NC(=O)c1cc([N+](=O)[O-])c(C)c([N+](=O)[O-])c1. The summed E-state index contributed by atoms with van der Waals surface area (Å²) in [5, 5.41) is 26.1. The van der Waals surface area contributed by atoms with Gasteiger partial charge in [-0.3, -0.25) is 25.0 Å². The molecular formula is C22H16N4O5S. The highest BCUT2D eigenvalue weighted by molar-refractivity contribution is 7.21. The molecule has 0 unspecified atom stereocenters. The summed E-state index contributed by atoms with van der Waals surface area (Å²) in [6.07, 6.45) is 0. The normalized spacial score (nSPS) is 10.8. The fraction of sp³-hybridized carbons (Fsp3) is 0.0909. The van der Waals surface area contributed by atoms with E-state index in [-0.39, 0.29) is 11.1 Å². The first-order chi connectivity index (χ1) is 15.2. The maximum Gasteiger partial charge on any atom is 0.279 e. The van der Waals surface area contributed by atoms with Crippen LogP contribution in [0.2, 0.25) is 0 Å². The Hall–Kier alpha value is -4.18. The Labute approximate surface area is 185 Å². The van der Waals surface area contributed by atoms with E-state index in [1.165, 1.54) is 18.3 Å². The van der Waals surface area contributed by atoms with Gasteiger partial charge in [-0.1, -0.05) is 24.3 Å². The minimum atomic E-state index is -0.738.